The highest BCUT2D eigenvalue weighted by atomic mass is 79.9. The summed E-state index contributed by atoms with van der Waals surface area (Å²) in [6.07, 6.45) is 0. The molecule has 2 aromatic carbocycles. The Hall–Kier alpha value is -1.32. The monoisotopic (exact) mass is 347 g/mol. The third-order valence-corrected chi connectivity index (χ3v) is 4.27. The molecule has 3 heteroatoms. The first-order valence-electron chi connectivity index (χ1n) is 7.22. The van der Waals surface area contributed by atoms with Gasteiger partial charge in [0.2, 0.25) is 0 Å². The van der Waals surface area contributed by atoms with E-state index in [2.05, 4.69) is 61.1 Å². The summed E-state index contributed by atoms with van der Waals surface area (Å²) >= 11 is 3.50. The summed E-state index contributed by atoms with van der Waals surface area (Å²) in [5.74, 6) is 1.74. The summed E-state index contributed by atoms with van der Waals surface area (Å²) in [7, 11) is 0. The van der Waals surface area contributed by atoms with Crippen molar-refractivity contribution in [2.24, 2.45) is 0 Å². The summed E-state index contributed by atoms with van der Waals surface area (Å²) in [4.78, 5) is 0. The minimum Gasteiger partial charge on any atom is -0.457 e. The quantitative estimate of drug-likeness (QED) is 0.786. The molecule has 112 valence electrons. The van der Waals surface area contributed by atoms with Gasteiger partial charge in [-0.15, -0.1) is 0 Å². The molecule has 2 aromatic rings. The van der Waals surface area contributed by atoms with Crippen molar-refractivity contribution in [3.05, 3.63) is 57.6 Å². The molecule has 0 atom stereocenters. The molecule has 0 fully saturated rings. The molecule has 2 nitrogen and oxygen atoms in total. The van der Waals surface area contributed by atoms with Gasteiger partial charge >= 0.3 is 0 Å². The molecule has 0 saturated carbocycles. The van der Waals surface area contributed by atoms with Crippen LogP contribution in [0, 0.1) is 13.8 Å². The van der Waals surface area contributed by atoms with Gasteiger partial charge in [-0.2, -0.15) is 0 Å². The second kappa shape index (κ2) is 7.10. The van der Waals surface area contributed by atoms with Crippen LogP contribution in [0.4, 0.5) is 0 Å². The summed E-state index contributed by atoms with van der Waals surface area (Å²) < 4.78 is 7.03. The molecule has 0 heterocycles. The predicted molar refractivity (Wildman–Crippen MR) is 92.1 cm³/mol. The van der Waals surface area contributed by atoms with Gasteiger partial charge in [-0.3, -0.25) is 0 Å². The fourth-order valence-electron chi connectivity index (χ4n) is 2.06. The average molecular weight is 348 g/mol. The molecule has 0 bridgehead atoms. The molecule has 0 amide bonds. The van der Waals surface area contributed by atoms with E-state index in [1.807, 2.05) is 24.3 Å². The minimum absolute atomic E-state index is 0.492. The van der Waals surface area contributed by atoms with E-state index in [1.165, 1.54) is 16.7 Å². The van der Waals surface area contributed by atoms with E-state index in [1.54, 1.807) is 0 Å². The Kier molecular flexibility index (Phi) is 5.43. The standard InChI is InChI=1S/C18H22BrNO/c1-12(2)20-11-15-5-6-16(9-13(15)3)21-17-7-8-18(19)14(4)10-17/h5-10,12,20H,11H2,1-4H3. The fraction of sp³-hybridized carbons (Fsp3) is 0.333. The number of hydrogen-bond acceptors (Lipinski definition) is 2. The van der Waals surface area contributed by atoms with E-state index in [-0.39, 0.29) is 0 Å². The molecular formula is C18H22BrNO. The second-order valence-corrected chi connectivity index (χ2v) is 6.49. The van der Waals surface area contributed by atoms with E-state index in [4.69, 9.17) is 4.74 Å². The number of halogens is 1. The van der Waals surface area contributed by atoms with Crippen LogP contribution in [-0.2, 0) is 6.54 Å². The number of nitrogens with one attached hydrogen (secondary N) is 1. The lowest BCUT2D eigenvalue weighted by molar-refractivity contribution is 0.481. The highest BCUT2D eigenvalue weighted by Gasteiger charge is 2.04. The molecule has 0 aliphatic heterocycles. The normalized spacial score (nSPS) is 11.0. The van der Waals surface area contributed by atoms with Gasteiger partial charge in [-0.05, 0) is 60.9 Å². The van der Waals surface area contributed by atoms with Crippen molar-refractivity contribution in [1.82, 2.24) is 5.32 Å². The Morgan fingerprint density at radius 2 is 1.62 bits per heavy atom. The van der Waals surface area contributed by atoms with E-state index in [0.29, 0.717) is 6.04 Å². The van der Waals surface area contributed by atoms with Gasteiger partial charge in [-0.25, -0.2) is 0 Å². The van der Waals surface area contributed by atoms with Gasteiger partial charge in [-0.1, -0.05) is 35.8 Å². The number of ether oxygens (including phenoxy) is 1. The van der Waals surface area contributed by atoms with Crippen LogP contribution in [-0.4, -0.2) is 6.04 Å². The molecule has 0 saturated heterocycles. The van der Waals surface area contributed by atoms with E-state index in [9.17, 15) is 0 Å². The number of rotatable bonds is 5. The lowest BCUT2D eigenvalue weighted by Gasteiger charge is -2.13. The number of hydrogen-bond donors (Lipinski definition) is 1. The topological polar surface area (TPSA) is 21.3 Å². The largest absolute Gasteiger partial charge is 0.457 e. The van der Waals surface area contributed by atoms with Crippen LogP contribution < -0.4 is 10.1 Å². The van der Waals surface area contributed by atoms with Crippen LogP contribution in [0.1, 0.15) is 30.5 Å². The molecule has 1 N–H and O–H groups in total. The lowest BCUT2D eigenvalue weighted by atomic mass is 10.1. The van der Waals surface area contributed by atoms with Gasteiger partial charge in [0.25, 0.3) is 0 Å². The molecular weight excluding hydrogens is 326 g/mol. The first-order chi connectivity index (χ1) is 9.95. The first-order valence-corrected chi connectivity index (χ1v) is 8.02. The van der Waals surface area contributed by atoms with Crippen LogP contribution in [0.15, 0.2) is 40.9 Å². The van der Waals surface area contributed by atoms with E-state index >= 15 is 0 Å². The smallest absolute Gasteiger partial charge is 0.127 e. The van der Waals surface area contributed by atoms with E-state index < -0.39 is 0 Å². The third-order valence-electron chi connectivity index (χ3n) is 3.38. The summed E-state index contributed by atoms with van der Waals surface area (Å²) in [5.41, 5.74) is 3.72. The van der Waals surface area contributed by atoms with Gasteiger partial charge in [0.15, 0.2) is 0 Å². The van der Waals surface area contributed by atoms with Crippen LogP contribution in [0.25, 0.3) is 0 Å². The lowest BCUT2D eigenvalue weighted by Crippen LogP contribution is -2.22. The van der Waals surface area contributed by atoms with Crippen LogP contribution in [0.5, 0.6) is 11.5 Å². The zero-order chi connectivity index (χ0) is 15.4. The zero-order valence-corrected chi connectivity index (χ0v) is 14.6. The van der Waals surface area contributed by atoms with Crippen LogP contribution in [0.2, 0.25) is 0 Å². The van der Waals surface area contributed by atoms with E-state index in [0.717, 1.165) is 22.5 Å². The van der Waals surface area contributed by atoms with Crippen molar-refractivity contribution in [2.45, 2.75) is 40.3 Å². The minimum atomic E-state index is 0.492. The Morgan fingerprint density at radius 1 is 1.00 bits per heavy atom. The Bertz CT molecular complexity index is 623. The van der Waals surface area contributed by atoms with Crippen molar-refractivity contribution in [3.8, 4) is 11.5 Å². The molecule has 0 aliphatic carbocycles. The molecule has 0 aliphatic rings. The van der Waals surface area contributed by atoms with Crippen molar-refractivity contribution >= 4 is 15.9 Å². The SMILES string of the molecule is Cc1cc(Oc2ccc(CNC(C)C)c(C)c2)ccc1Br. The molecule has 2 rings (SSSR count). The summed E-state index contributed by atoms with van der Waals surface area (Å²) in [6.45, 7) is 9.38. The first kappa shape index (κ1) is 16.1. The maximum absolute atomic E-state index is 5.93. The van der Waals surface area contributed by atoms with Crippen molar-refractivity contribution in [2.75, 3.05) is 0 Å². The van der Waals surface area contributed by atoms with Crippen LogP contribution in [0.3, 0.4) is 0 Å². The number of aryl methyl sites for hydroxylation is 2. The van der Waals surface area contributed by atoms with Gasteiger partial charge < -0.3 is 10.1 Å². The maximum atomic E-state index is 5.93. The Labute approximate surface area is 135 Å². The average Bonchev–Trinajstić information content (AvgIpc) is 2.42. The maximum Gasteiger partial charge on any atom is 0.127 e. The van der Waals surface area contributed by atoms with Crippen molar-refractivity contribution in [1.29, 1.82) is 0 Å². The molecule has 0 unspecified atom stereocenters. The van der Waals surface area contributed by atoms with Crippen molar-refractivity contribution in [3.63, 3.8) is 0 Å². The van der Waals surface area contributed by atoms with Gasteiger partial charge in [0.1, 0.15) is 11.5 Å². The highest BCUT2D eigenvalue weighted by molar-refractivity contribution is 9.10. The van der Waals surface area contributed by atoms with Crippen LogP contribution >= 0.6 is 15.9 Å². The number of benzene rings is 2. The Balaban J connectivity index is 2.10. The fourth-order valence-corrected chi connectivity index (χ4v) is 2.31. The van der Waals surface area contributed by atoms with Gasteiger partial charge in [0, 0.05) is 17.1 Å². The predicted octanol–water partition coefficient (Wildman–Crippen LogP) is 5.36. The second-order valence-electron chi connectivity index (χ2n) is 5.64. The molecule has 0 radical (unpaired) electrons. The summed E-state index contributed by atoms with van der Waals surface area (Å²) in [5, 5.41) is 3.44. The molecule has 0 aromatic heterocycles. The zero-order valence-electron chi connectivity index (χ0n) is 13.0. The summed E-state index contributed by atoms with van der Waals surface area (Å²) in [6, 6.07) is 12.8. The third kappa shape index (κ3) is 4.58. The Morgan fingerprint density at radius 3 is 2.19 bits per heavy atom. The molecule has 21 heavy (non-hydrogen) atoms. The molecule has 0 spiro atoms. The van der Waals surface area contributed by atoms with Crippen molar-refractivity contribution < 1.29 is 4.74 Å². The highest BCUT2D eigenvalue weighted by Crippen LogP contribution is 2.27. The van der Waals surface area contributed by atoms with Gasteiger partial charge in [0.05, 0.1) is 0 Å².